The molecule has 0 saturated heterocycles. The molecule has 1 rings (SSSR count). The second-order valence-electron chi connectivity index (χ2n) is 2.42. The maximum Gasteiger partial charge on any atom is 0.387 e. The topological polar surface area (TPSA) is 9.23 Å². The molecule has 0 aliphatic carbocycles. The molecule has 0 N–H and O–H groups in total. The average Bonchev–Trinajstić information content (AvgIpc) is 1.98. The highest BCUT2D eigenvalue weighted by Crippen LogP contribution is 2.21. The van der Waals surface area contributed by atoms with Crippen molar-refractivity contribution in [2.45, 2.75) is 13.5 Å². The molecule has 0 saturated carbocycles. The Morgan fingerprint density at radius 1 is 1.42 bits per heavy atom. The molecule has 1 nitrogen and oxygen atoms in total. The maximum atomic E-state index is 11.8. The molecular formula is C9H9F2O. The molecule has 1 aromatic carbocycles. The number of hydrogen-bond donors (Lipinski definition) is 0. The molecule has 0 amide bonds. The predicted octanol–water partition coefficient (Wildman–Crippen LogP) is 2.78. The Hall–Kier alpha value is -1.12. The second kappa shape index (κ2) is 3.52. The quantitative estimate of drug-likeness (QED) is 0.664. The molecule has 3 heteroatoms. The minimum Gasteiger partial charge on any atom is -0.435 e. The van der Waals surface area contributed by atoms with E-state index in [9.17, 15) is 8.78 Å². The van der Waals surface area contributed by atoms with E-state index in [0.29, 0.717) is 11.1 Å². The lowest BCUT2D eigenvalue weighted by molar-refractivity contribution is -0.0503. The maximum absolute atomic E-state index is 11.8. The van der Waals surface area contributed by atoms with E-state index in [4.69, 9.17) is 0 Å². The van der Waals surface area contributed by atoms with E-state index in [2.05, 4.69) is 11.7 Å². The van der Waals surface area contributed by atoms with Gasteiger partial charge in [-0.05, 0) is 31.0 Å². The molecule has 0 aromatic heterocycles. The third kappa shape index (κ3) is 1.94. The van der Waals surface area contributed by atoms with Gasteiger partial charge in [0.15, 0.2) is 0 Å². The van der Waals surface area contributed by atoms with Gasteiger partial charge in [-0.1, -0.05) is 12.1 Å². The molecule has 0 bridgehead atoms. The molecule has 0 spiro atoms. The van der Waals surface area contributed by atoms with Crippen molar-refractivity contribution in [3.05, 3.63) is 36.2 Å². The summed E-state index contributed by atoms with van der Waals surface area (Å²) < 4.78 is 27.8. The number of hydrogen-bond acceptors (Lipinski definition) is 1. The first-order valence-electron chi connectivity index (χ1n) is 3.47. The van der Waals surface area contributed by atoms with Gasteiger partial charge in [-0.2, -0.15) is 8.78 Å². The zero-order valence-corrected chi connectivity index (χ0v) is 6.68. The van der Waals surface area contributed by atoms with Crippen molar-refractivity contribution in [1.29, 1.82) is 0 Å². The fourth-order valence-electron chi connectivity index (χ4n) is 0.884. The minimum atomic E-state index is -2.77. The van der Waals surface area contributed by atoms with Gasteiger partial charge in [-0.3, -0.25) is 0 Å². The van der Waals surface area contributed by atoms with Gasteiger partial charge in [0.25, 0.3) is 0 Å². The Morgan fingerprint density at radius 3 is 2.67 bits per heavy atom. The van der Waals surface area contributed by atoms with Gasteiger partial charge in [0.2, 0.25) is 0 Å². The van der Waals surface area contributed by atoms with Crippen LogP contribution in [-0.2, 0) is 0 Å². The van der Waals surface area contributed by atoms with Gasteiger partial charge in [0.05, 0.1) is 0 Å². The Labute approximate surface area is 70.0 Å². The van der Waals surface area contributed by atoms with Gasteiger partial charge in [-0.15, -0.1) is 0 Å². The zero-order chi connectivity index (χ0) is 9.14. The van der Waals surface area contributed by atoms with Crippen LogP contribution >= 0.6 is 0 Å². The lowest BCUT2D eigenvalue weighted by Crippen LogP contribution is -2.03. The minimum absolute atomic E-state index is 0.192. The third-order valence-corrected chi connectivity index (χ3v) is 1.61. The molecule has 0 aliphatic rings. The lowest BCUT2D eigenvalue weighted by atomic mass is 10.1. The molecule has 1 aromatic rings. The lowest BCUT2D eigenvalue weighted by Gasteiger charge is -2.08. The molecule has 0 heterocycles. The van der Waals surface area contributed by atoms with E-state index in [1.165, 1.54) is 6.07 Å². The Bertz CT molecular complexity index is 271. The Kier molecular flexibility index (Phi) is 2.63. The molecule has 0 fully saturated rings. The first-order valence-corrected chi connectivity index (χ1v) is 3.47. The third-order valence-electron chi connectivity index (χ3n) is 1.61. The van der Waals surface area contributed by atoms with E-state index < -0.39 is 6.61 Å². The molecule has 0 unspecified atom stereocenters. The van der Waals surface area contributed by atoms with E-state index in [-0.39, 0.29) is 5.75 Å². The fraction of sp³-hybridized carbons (Fsp3) is 0.222. The highest BCUT2D eigenvalue weighted by atomic mass is 19.3. The van der Waals surface area contributed by atoms with Gasteiger partial charge in [-0.25, -0.2) is 0 Å². The first kappa shape index (κ1) is 8.97. The zero-order valence-electron chi connectivity index (χ0n) is 6.68. The Balaban J connectivity index is 2.92. The van der Waals surface area contributed by atoms with Crippen LogP contribution in [0, 0.1) is 13.8 Å². The summed E-state index contributed by atoms with van der Waals surface area (Å²) in [4.78, 5) is 0. The van der Waals surface area contributed by atoms with Crippen molar-refractivity contribution in [3.63, 3.8) is 0 Å². The predicted molar refractivity (Wildman–Crippen MR) is 42.3 cm³/mol. The van der Waals surface area contributed by atoms with Gasteiger partial charge in [0, 0.05) is 0 Å². The molecule has 0 aliphatic heterocycles. The molecule has 1 radical (unpaired) electrons. The van der Waals surface area contributed by atoms with Gasteiger partial charge < -0.3 is 4.74 Å². The number of rotatable bonds is 2. The summed E-state index contributed by atoms with van der Waals surface area (Å²) >= 11 is 0. The van der Waals surface area contributed by atoms with Crippen LogP contribution in [0.4, 0.5) is 8.78 Å². The fourth-order valence-corrected chi connectivity index (χ4v) is 0.884. The molecule has 65 valence electrons. The number of alkyl halides is 2. The highest BCUT2D eigenvalue weighted by molar-refractivity contribution is 5.40. The van der Waals surface area contributed by atoms with E-state index in [1.54, 1.807) is 19.1 Å². The summed E-state index contributed by atoms with van der Waals surface area (Å²) in [5.41, 5.74) is 1.35. The van der Waals surface area contributed by atoms with Crippen molar-refractivity contribution < 1.29 is 13.5 Å². The van der Waals surface area contributed by atoms with Crippen LogP contribution < -0.4 is 4.74 Å². The van der Waals surface area contributed by atoms with Crippen molar-refractivity contribution in [2.75, 3.05) is 0 Å². The molecule has 0 atom stereocenters. The summed E-state index contributed by atoms with van der Waals surface area (Å²) in [6.07, 6.45) is 0. The number of ether oxygens (including phenoxy) is 1. The molecule has 12 heavy (non-hydrogen) atoms. The van der Waals surface area contributed by atoms with Crippen LogP contribution in [0.5, 0.6) is 5.75 Å². The van der Waals surface area contributed by atoms with Crippen molar-refractivity contribution in [3.8, 4) is 5.75 Å². The highest BCUT2D eigenvalue weighted by Gasteiger charge is 2.07. The van der Waals surface area contributed by atoms with Crippen LogP contribution in [0.3, 0.4) is 0 Å². The van der Waals surface area contributed by atoms with Gasteiger partial charge >= 0.3 is 6.61 Å². The van der Waals surface area contributed by atoms with E-state index >= 15 is 0 Å². The average molecular weight is 171 g/mol. The number of halogens is 2. The van der Waals surface area contributed by atoms with Crippen LogP contribution in [0.1, 0.15) is 11.1 Å². The van der Waals surface area contributed by atoms with Crippen molar-refractivity contribution in [1.82, 2.24) is 0 Å². The van der Waals surface area contributed by atoms with Gasteiger partial charge in [0.1, 0.15) is 5.75 Å². The van der Waals surface area contributed by atoms with Crippen LogP contribution in [0.25, 0.3) is 0 Å². The van der Waals surface area contributed by atoms with Crippen molar-refractivity contribution in [2.24, 2.45) is 0 Å². The van der Waals surface area contributed by atoms with E-state index in [1.807, 2.05) is 0 Å². The first-order chi connectivity index (χ1) is 5.61. The SMILES string of the molecule is [CH2]c1cccc(OC(F)F)c1C. The summed E-state index contributed by atoms with van der Waals surface area (Å²) in [5, 5.41) is 0. The smallest absolute Gasteiger partial charge is 0.387 e. The Morgan fingerprint density at radius 2 is 2.08 bits per heavy atom. The van der Waals surface area contributed by atoms with Crippen LogP contribution in [0.2, 0.25) is 0 Å². The van der Waals surface area contributed by atoms with Crippen LogP contribution in [0.15, 0.2) is 18.2 Å². The van der Waals surface area contributed by atoms with Crippen LogP contribution in [-0.4, -0.2) is 6.61 Å². The normalized spacial score (nSPS) is 10.4. The second-order valence-corrected chi connectivity index (χ2v) is 2.42. The van der Waals surface area contributed by atoms with E-state index in [0.717, 1.165) is 0 Å². The summed E-state index contributed by atoms with van der Waals surface area (Å²) in [6, 6.07) is 4.87. The molecular weight excluding hydrogens is 162 g/mol. The largest absolute Gasteiger partial charge is 0.435 e. The number of benzene rings is 1. The summed E-state index contributed by atoms with van der Waals surface area (Å²) in [6.45, 7) is 2.58. The summed E-state index contributed by atoms with van der Waals surface area (Å²) in [5.74, 6) is 0.192. The standard InChI is InChI=1S/C9H9F2O/c1-6-4-3-5-8(7(6)2)12-9(10)11/h3-5,9H,1H2,2H3. The summed E-state index contributed by atoms with van der Waals surface area (Å²) in [7, 11) is 0. The monoisotopic (exact) mass is 171 g/mol. The van der Waals surface area contributed by atoms with Crippen molar-refractivity contribution >= 4 is 0 Å².